The average Bonchev–Trinajstić information content (AvgIpc) is 3.22. The Kier molecular flexibility index (Phi) is 5.05. The van der Waals surface area contributed by atoms with Crippen molar-refractivity contribution in [3.63, 3.8) is 0 Å². The number of hydrogen-bond acceptors (Lipinski definition) is 7. The number of rotatable bonds is 5. The molecule has 0 aliphatic rings. The summed E-state index contributed by atoms with van der Waals surface area (Å²) in [6.45, 7) is 1.86. The first-order valence-electron chi connectivity index (χ1n) is 8.32. The van der Waals surface area contributed by atoms with Gasteiger partial charge in [-0.05, 0) is 43.0 Å². The topological polar surface area (TPSA) is 84.8 Å². The minimum absolute atomic E-state index is 0.221. The molecule has 0 spiro atoms. The van der Waals surface area contributed by atoms with Crippen LogP contribution in [0.1, 0.15) is 5.56 Å². The van der Waals surface area contributed by atoms with Crippen molar-refractivity contribution in [1.29, 1.82) is 0 Å². The fraction of sp³-hybridized carbons (Fsp3) is 0.105. The highest BCUT2D eigenvalue weighted by Gasteiger charge is 2.20. The lowest BCUT2D eigenvalue weighted by molar-refractivity contribution is 0.603. The van der Waals surface area contributed by atoms with Gasteiger partial charge in [0, 0.05) is 17.8 Å². The Morgan fingerprint density at radius 1 is 1.04 bits per heavy atom. The van der Waals surface area contributed by atoms with Gasteiger partial charge in [0.05, 0.1) is 21.8 Å². The van der Waals surface area contributed by atoms with Crippen LogP contribution in [0.2, 0.25) is 0 Å². The van der Waals surface area contributed by atoms with Crippen molar-refractivity contribution in [2.75, 3.05) is 11.0 Å². The molecule has 142 valence electrons. The lowest BCUT2D eigenvalue weighted by atomic mass is 10.1. The van der Waals surface area contributed by atoms with Gasteiger partial charge in [0.15, 0.2) is 5.16 Å². The summed E-state index contributed by atoms with van der Waals surface area (Å²) in [6, 6.07) is 12.7. The number of sulfonamides is 1. The zero-order valence-electron chi connectivity index (χ0n) is 15.1. The van der Waals surface area contributed by atoms with Crippen LogP contribution < -0.4 is 4.72 Å². The third kappa shape index (κ3) is 3.60. The highest BCUT2D eigenvalue weighted by molar-refractivity contribution is 7.98. The number of hydrogen-bond donors (Lipinski definition) is 1. The second kappa shape index (κ2) is 7.50. The van der Waals surface area contributed by atoms with Gasteiger partial charge in [-0.2, -0.15) is 0 Å². The molecule has 9 heteroatoms. The first-order valence-corrected chi connectivity index (χ1v) is 11.8. The normalized spacial score (nSPS) is 11.6. The maximum absolute atomic E-state index is 13.0. The second-order valence-corrected chi connectivity index (χ2v) is 9.75. The van der Waals surface area contributed by atoms with Crippen LogP contribution in [0.15, 0.2) is 64.2 Å². The number of thioether (sulfide) groups is 1. The van der Waals surface area contributed by atoms with Gasteiger partial charge < -0.3 is 0 Å². The largest absolute Gasteiger partial charge is 0.276 e. The van der Waals surface area contributed by atoms with Gasteiger partial charge in [0.25, 0.3) is 10.0 Å². The molecule has 1 N–H and O–H groups in total. The number of nitrogens with zero attached hydrogens (tertiary/aromatic N) is 3. The molecule has 0 aliphatic heterocycles. The predicted octanol–water partition coefficient (Wildman–Crippen LogP) is 4.58. The van der Waals surface area contributed by atoms with E-state index in [0.29, 0.717) is 22.1 Å². The van der Waals surface area contributed by atoms with Gasteiger partial charge in [0.2, 0.25) is 0 Å². The second-order valence-electron chi connectivity index (χ2n) is 5.99. The zero-order valence-corrected chi connectivity index (χ0v) is 17.5. The summed E-state index contributed by atoms with van der Waals surface area (Å²) in [4.78, 5) is 13.7. The van der Waals surface area contributed by atoms with Crippen LogP contribution in [-0.2, 0) is 10.0 Å². The van der Waals surface area contributed by atoms with Crippen molar-refractivity contribution < 1.29 is 8.42 Å². The minimum atomic E-state index is -3.75. The van der Waals surface area contributed by atoms with Crippen LogP contribution in [0.5, 0.6) is 0 Å². The molecule has 0 atom stereocenters. The summed E-state index contributed by atoms with van der Waals surface area (Å²) in [7, 11) is -3.75. The number of pyridine rings is 1. The van der Waals surface area contributed by atoms with Crippen LogP contribution in [0.25, 0.3) is 21.5 Å². The van der Waals surface area contributed by atoms with E-state index >= 15 is 0 Å². The molecule has 4 aromatic rings. The predicted molar refractivity (Wildman–Crippen MR) is 114 cm³/mol. The summed E-state index contributed by atoms with van der Waals surface area (Å²) in [5, 5.41) is 1.52. The molecule has 3 aromatic heterocycles. The van der Waals surface area contributed by atoms with E-state index < -0.39 is 10.0 Å². The molecular weight excluding hydrogens is 412 g/mol. The Balaban J connectivity index is 1.71. The van der Waals surface area contributed by atoms with Crippen molar-refractivity contribution in [3.8, 4) is 10.6 Å². The van der Waals surface area contributed by atoms with Crippen molar-refractivity contribution in [1.82, 2.24) is 15.0 Å². The number of benzene rings is 1. The van der Waals surface area contributed by atoms with Crippen LogP contribution in [0, 0.1) is 6.92 Å². The molecule has 0 saturated carbocycles. The van der Waals surface area contributed by atoms with Gasteiger partial charge in [0.1, 0.15) is 4.21 Å². The highest BCUT2D eigenvalue weighted by atomic mass is 32.2. The fourth-order valence-electron chi connectivity index (χ4n) is 2.74. The Labute approximate surface area is 171 Å². The van der Waals surface area contributed by atoms with Crippen LogP contribution in [-0.4, -0.2) is 29.6 Å². The minimum Gasteiger partial charge on any atom is -0.276 e. The Morgan fingerprint density at radius 2 is 1.89 bits per heavy atom. The molecule has 4 rings (SSSR count). The van der Waals surface area contributed by atoms with Gasteiger partial charge >= 0.3 is 0 Å². The summed E-state index contributed by atoms with van der Waals surface area (Å²) >= 11 is 2.61. The third-order valence-corrected chi connectivity index (χ3v) is 7.65. The van der Waals surface area contributed by atoms with Crippen molar-refractivity contribution >= 4 is 49.7 Å². The first kappa shape index (κ1) is 18.9. The highest BCUT2D eigenvalue weighted by Crippen LogP contribution is 2.33. The summed E-state index contributed by atoms with van der Waals surface area (Å²) < 4.78 is 28.9. The number of aromatic nitrogens is 3. The Hall–Kier alpha value is -2.49. The van der Waals surface area contributed by atoms with E-state index in [0.717, 1.165) is 15.8 Å². The Bertz CT molecular complexity index is 1270. The molecular formula is C19H16N4O2S3. The molecule has 6 nitrogen and oxygen atoms in total. The van der Waals surface area contributed by atoms with E-state index in [4.69, 9.17) is 0 Å². The molecule has 0 fully saturated rings. The van der Waals surface area contributed by atoms with Gasteiger partial charge in [-0.1, -0.05) is 30.0 Å². The van der Waals surface area contributed by atoms with Crippen LogP contribution >= 0.6 is 23.1 Å². The zero-order chi connectivity index (χ0) is 19.7. The van der Waals surface area contributed by atoms with E-state index in [1.165, 1.54) is 23.1 Å². The molecule has 3 heterocycles. The van der Waals surface area contributed by atoms with Crippen LogP contribution in [0.4, 0.5) is 5.69 Å². The van der Waals surface area contributed by atoms with Gasteiger partial charge in [-0.25, -0.2) is 18.4 Å². The summed E-state index contributed by atoms with van der Waals surface area (Å²) in [5.41, 5.74) is 2.64. The van der Waals surface area contributed by atoms with Crippen molar-refractivity contribution in [2.45, 2.75) is 16.3 Å². The lowest BCUT2D eigenvalue weighted by Crippen LogP contribution is -2.13. The van der Waals surface area contributed by atoms with E-state index in [2.05, 4.69) is 19.7 Å². The fourth-order valence-corrected chi connectivity index (χ4v) is 5.51. The van der Waals surface area contributed by atoms with Gasteiger partial charge in [-0.3, -0.25) is 9.71 Å². The van der Waals surface area contributed by atoms with E-state index in [1.807, 2.05) is 37.4 Å². The molecule has 0 saturated heterocycles. The van der Waals surface area contributed by atoms with E-state index in [9.17, 15) is 8.42 Å². The molecule has 0 aliphatic carbocycles. The van der Waals surface area contributed by atoms with Crippen molar-refractivity contribution in [3.05, 3.63) is 60.4 Å². The number of fused-ring (bicyclic) bond motifs is 1. The van der Waals surface area contributed by atoms with Crippen LogP contribution in [0.3, 0.4) is 0 Å². The monoisotopic (exact) mass is 428 g/mol. The first-order chi connectivity index (χ1) is 13.5. The number of thiophene rings is 1. The van der Waals surface area contributed by atoms with Gasteiger partial charge in [-0.15, -0.1) is 11.3 Å². The number of nitrogens with one attached hydrogen (secondary N) is 1. The van der Waals surface area contributed by atoms with Crippen molar-refractivity contribution in [2.24, 2.45) is 0 Å². The smallest absolute Gasteiger partial charge is 0.271 e. The average molecular weight is 429 g/mol. The molecule has 28 heavy (non-hydrogen) atoms. The molecule has 0 amide bonds. The number of anilines is 1. The molecule has 1 aromatic carbocycles. The molecule has 0 bridgehead atoms. The SMILES string of the molecule is CSc1nccc(-c2ccc(S(=O)(=O)Nc3c(C)ccc4cccnc34)s2)n1. The lowest BCUT2D eigenvalue weighted by Gasteiger charge is -2.11. The van der Waals surface area contributed by atoms with E-state index in [1.54, 1.807) is 30.6 Å². The van der Waals surface area contributed by atoms with E-state index in [-0.39, 0.29) is 4.21 Å². The summed E-state index contributed by atoms with van der Waals surface area (Å²) in [6.07, 6.45) is 5.22. The third-order valence-electron chi connectivity index (χ3n) is 4.13. The maximum Gasteiger partial charge on any atom is 0.271 e. The summed E-state index contributed by atoms with van der Waals surface area (Å²) in [5.74, 6) is 0. The quantitative estimate of drug-likeness (QED) is 0.370. The Morgan fingerprint density at radius 3 is 2.71 bits per heavy atom. The number of aryl methyl sites for hydroxylation is 1. The maximum atomic E-state index is 13.0. The molecule has 0 unspecified atom stereocenters. The molecule has 0 radical (unpaired) electrons. The standard InChI is InChI=1S/C19H16N4O2S3/c1-12-5-6-13-4-3-10-20-18(13)17(12)23-28(24,25)16-8-7-15(27-16)14-9-11-21-19(22-14)26-2/h3-11,23H,1-2H3.